The number of amidine groups is 1. The van der Waals surface area contributed by atoms with Gasteiger partial charge in [-0.3, -0.25) is 0 Å². The number of aryl methyl sites for hydroxylation is 1. The standard InChI is InChI=1S/C9H11ClN2S.HI/c1-6-4-3-5-7(10)8(6)12-9(11)13-2;/h3-5H,1-2H3,(H2,11,12);1H. The molecule has 0 fully saturated rings. The van der Waals surface area contributed by atoms with Crippen molar-refractivity contribution in [3.8, 4) is 0 Å². The van der Waals surface area contributed by atoms with Crippen molar-refractivity contribution in [1.29, 1.82) is 0 Å². The zero-order valence-corrected chi connectivity index (χ0v) is 11.9. The molecule has 1 aromatic rings. The Morgan fingerprint density at radius 3 is 2.64 bits per heavy atom. The Kier molecular flexibility index (Phi) is 6.55. The molecule has 0 saturated carbocycles. The molecule has 2 N–H and O–H groups in total. The topological polar surface area (TPSA) is 38.4 Å². The van der Waals surface area contributed by atoms with E-state index in [-0.39, 0.29) is 24.0 Å². The second-order valence-electron chi connectivity index (χ2n) is 2.56. The van der Waals surface area contributed by atoms with Crippen LogP contribution in [0.4, 0.5) is 5.69 Å². The molecule has 5 heteroatoms. The monoisotopic (exact) mass is 342 g/mol. The number of nitrogens with two attached hydrogens (primary N) is 1. The number of halogens is 2. The fourth-order valence-corrected chi connectivity index (χ4v) is 1.37. The second kappa shape index (κ2) is 6.53. The van der Waals surface area contributed by atoms with Gasteiger partial charge in [0.15, 0.2) is 5.17 Å². The van der Waals surface area contributed by atoms with Crippen LogP contribution in [0.1, 0.15) is 5.56 Å². The highest BCUT2D eigenvalue weighted by Crippen LogP contribution is 2.28. The van der Waals surface area contributed by atoms with E-state index in [9.17, 15) is 0 Å². The summed E-state index contributed by atoms with van der Waals surface area (Å²) in [4.78, 5) is 4.20. The number of rotatable bonds is 1. The van der Waals surface area contributed by atoms with Crippen molar-refractivity contribution in [1.82, 2.24) is 0 Å². The van der Waals surface area contributed by atoms with Crippen LogP contribution >= 0.6 is 47.3 Å². The van der Waals surface area contributed by atoms with E-state index in [1.54, 1.807) is 6.07 Å². The third kappa shape index (κ3) is 3.67. The molecule has 0 aromatic heterocycles. The van der Waals surface area contributed by atoms with Gasteiger partial charge in [-0.2, -0.15) is 0 Å². The first-order valence-electron chi connectivity index (χ1n) is 3.78. The van der Waals surface area contributed by atoms with E-state index in [0.717, 1.165) is 11.3 Å². The summed E-state index contributed by atoms with van der Waals surface area (Å²) in [6.07, 6.45) is 1.88. The third-order valence-electron chi connectivity index (χ3n) is 1.62. The number of benzene rings is 1. The lowest BCUT2D eigenvalue weighted by Crippen LogP contribution is -2.04. The van der Waals surface area contributed by atoms with Crippen LogP contribution in [-0.2, 0) is 0 Å². The van der Waals surface area contributed by atoms with Gasteiger partial charge in [0.1, 0.15) is 0 Å². The number of thioether (sulfide) groups is 1. The van der Waals surface area contributed by atoms with E-state index < -0.39 is 0 Å². The van der Waals surface area contributed by atoms with Gasteiger partial charge in [0.25, 0.3) is 0 Å². The molecule has 78 valence electrons. The van der Waals surface area contributed by atoms with Crippen molar-refractivity contribution >= 4 is 58.2 Å². The summed E-state index contributed by atoms with van der Waals surface area (Å²) in [5.74, 6) is 0. The molecule has 0 radical (unpaired) electrons. The Hall–Kier alpha value is 0.0600. The number of aliphatic imine (C=N–C) groups is 1. The molecule has 0 unspecified atom stereocenters. The molecule has 0 aliphatic heterocycles. The van der Waals surface area contributed by atoms with Gasteiger partial charge >= 0.3 is 0 Å². The Labute approximate surface area is 110 Å². The van der Waals surface area contributed by atoms with Crippen LogP contribution in [0.5, 0.6) is 0 Å². The third-order valence-corrected chi connectivity index (χ3v) is 2.43. The number of nitrogens with zero attached hydrogens (tertiary/aromatic N) is 1. The van der Waals surface area contributed by atoms with E-state index in [4.69, 9.17) is 17.3 Å². The van der Waals surface area contributed by atoms with Crippen molar-refractivity contribution in [2.75, 3.05) is 6.26 Å². The first-order valence-corrected chi connectivity index (χ1v) is 5.38. The summed E-state index contributed by atoms with van der Waals surface area (Å²) in [6, 6.07) is 5.66. The Bertz CT molecular complexity index is 321. The molecule has 0 heterocycles. The van der Waals surface area contributed by atoms with Crippen LogP contribution in [0.2, 0.25) is 5.02 Å². The lowest BCUT2D eigenvalue weighted by Gasteiger charge is -2.02. The van der Waals surface area contributed by atoms with Crippen LogP contribution in [0.25, 0.3) is 0 Å². The number of hydrogen-bond donors (Lipinski definition) is 1. The quantitative estimate of drug-likeness (QED) is 0.481. The summed E-state index contributed by atoms with van der Waals surface area (Å²) in [6.45, 7) is 1.96. The average molecular weight is 343 g/mol. The molecule has 2 nitrogen and oxygen atoms in total. The Balaban J connectivity index is 0.00000169. The van der Waals surface area contributed by atoms with Crippen LogP contribution in [0.3, 0.4) is 0 Å². The van der Waals surface area contributed by atoms with Crippen LogP contribution in [0, 0.1) is 6.92 Å². The average Bonchev–Trinajstić information content (AvgIpc) is 2.11. The van der Waals surface area contributed by atoms with Gasteiger partial charge in [0.05, 0.1) is 10.7 Å². The molecular weight excluding hydrogens is 331 g/mol. The lowest BCUT2D eigenvalue weighted by atomic mass is 10.2. The molecule has 1 rings (SSSR count). The number of hydrogen-bond acceptors (Lipinski definition) is 2. The van der Waals surface area contributed by atoms with E-state index >= 15 is 0 Å². The normalized spacial score (nSPS) is 10.9. The van der Waals surface area contributed by atoms with Crippen molar-refractivity contribution < 1.29 is 0 Å². The van der Waals surface area contributed by atoms with E-state index in [0.29, 0.717) is 10.2 Å². The van der Waals surface area contributed by atoms with Crippen LogP contribution in [-0.4, -0.2) is 11.4 Å². The van der Waals surface area contributed by atoms with Crippen LogP contribution < -0.4 is 5.73 Å². The predicted molar refractivity (Wildman–Crippen MR) is 76.4 cm³/mol. The first-order chi connectivity index (χ1) is 6.15. The molecule has 0 aliphatic carbocycles. The maximum absolute atomic E-state index is 5.96. The van der Waals surface area contributed by atoms with Gasteiger partial charge in [-0.25, -0.2) is 4.99 Å². The predicted octanol–water partition coefficient (Wildman–Crippen LogP) is 3.58. The summed E-state index contributed by atoms with van der Waals surface area (Å²) >= 11 is 7.36. The van der Waals surface area contributed by atoms with Crippen LogP contribution in [0.15, 0.2) is 23.2 Å². The van der Waals surface area contributed by atoms with Crippen molar-refractivity contribution in [2.24, 2.45) is 10.7 Å². The summed E-state index contributed by atoms with van der Waals surface area (Å²) in [7, 11) is 0. The zero-order valence-electron chi connectivity index (χ0n) is 7.95. The van der Waals surface area contributed by atoms with Gasteiger partial charge in [0.2, 0.25) is 0 Å². The summed E-state index contributed by atoms with van der Waals surface area (Å²) < 4.78 is 0. The Morgan fingerprint density at radius 1 is 1.50 bits per heavy atom. The summed E-state index contributed by atoms with van der Waals surface area (Å²) in [5.41, 5.74) is 7.39. The number of para-hydroxylation sites is 1. The molecule has 0 atom stereocenters. The van der Waals surface area contributed by atoms with E-state index in [2.05, 4.69) is 4.99 Å². The second-order valence-corrected chi connectivity index (χ2v) is 3.79. The highest BCUT2D eigenvalue weighted by molar-refractivity contribution is 14.0. The van der Waals surface area contributed by atoms with Crippen molar-refractivity contribution in [3.63, 3.8) is 0 Å². The van der Waals surface area contributed by atoms with Crippen molar-refractivity contribution in [3.05, 3.63) is 28.8 Å². The smallest absolute Gasteiger partial charge is 0.158 e. The summed E-state index contributed by atoms with van der Waals surface area (Å²) in [5, 5.41) is 1.16. The molecule has 0 saturated heterocycles. The van der Waals surface area contributed by atoms with Gasteiger partial charge in [-0.05, 0) is 24.8 Å². The largest absolute Gasteiger partial charge is 0.378 e. The molecular formula is C9H12ClIN2S. The highest BCUT2D eigenvalue weighted by Gasteiger charge is 2.01. The fourth-order valence-electron chi connectivity index (χ4n) is 0.921. The van der Waals surface area contributed by atoms with Gasteiger partial charge in [0, 0.05) is 0 Å². The Morgan fingerprint density at radius 2 is 2.14 bits per heavy atom. The molecule has 0 spiro atoms. The maximum atomic E-state index is 5.96. The van der Waals surface area contributed by atoms with Gasteiger partial charge in [-0.1, -0.05) is 35.5 Å². The zero-order chi connectivity index (χ0) is 9.84. The van der Waals surface area contributed by atoms with Gasteiger partial charge < -0.3 is 5.73 Å². The van der Waals surface area contributed by atoms with E-state index in [1.165, 1.54) is 11.8 Å². The highest BCUT2D eigenvalue weighted by atomic mass is 127. The van der Waals surface area contributed by atoms with Crippen molar-refractivity contribution in [2.45, 2.75) is 6.92 Å². The fraction of sp³-hybridized carbons (Fsp3) is 0.222. The van der Waals surface area contributed by atoms with Gasteiger partial charge in [-0.15, -0.1) is 24.0 Å². The molecule has 0 aliphatic rings. The molecule has 1 aromatic carbocycles. The molecule has 14 heavy (non-hydrogen) atoms. The first kappa shape index (κ1) is 14.1. The minimum atomic E-state index is 0. The molecule has 0 amide bonds. The SMILES string of the molecule is CSC(N)=Nc1c(C)cccc1Cl.I. The minimum absolute atomic E-state index is 0. The lowest BCUT2D eigenvalue weighted by molar-refractivity contribution is 1.39. The maximum Gasteiger partial charge on any atom is 0.158 e. The minimum Gasteiger partial charge on any atom is -0.378 e. The van der Waals surface area contributed by atoms with E-state index in [1.807, 2.05) is 25.3 Å². The molecule has 0 bridgehead atoms.